The fourth-order valence-electron chi connectivity index (χ4n) is 3.05. The molecule has 0 heterocycles. The summed E-state index contributed by atoms with van der Waals surface area (Å²) in [5, 5.41) is 9.05. The molecule has 1 aromatic carbocycles. The van der Waals surface area contributed by atoms with Crippen LogP contribution in [0.1, 0.15) is 44.2 Å². The molecule has 1 fully saturated rings. The van der Waals surface area contributed by atoms with E-state index in [4.69, 9.17) is 5.11 Å². The molecule has 0 radical (unpaired) electrons. The van der Waals surface area contributed by atoms with Gasteiger partial charge >= 0.3 is 5.97 Å². The number of carboxylic acids is 1. The molecule has 1 atom stereocenters. The van der Waals surface area contributed by atoms with E-state index < -0.39 is 23.6 Å². The third-order valence-corrected chi connectivity index (χ3v) is 4.03. The molecular formula is C15H19F2NO2. The zero-order valence-corrected chi connectivity index (χ0v) is 11.5. The van der Waals surface area contributed by atoms with Crippen molar-refractivity contribution < 1.29 is 18.7 Å². The molecule has 1 aliphatic carbocycles. The lowest BCUT2D eigenvalue weighted by Gasteiger charge is -2.33. The number of rotatable bonds is 5. The number of aliphatic carboxylic acids is 1. The van der Waals surface area contributed by atoms with Gasteiger partial charge in [0, 0.05) is 17.6 Å². The molecule has 1 aliphatic rings. The lowest BCUT2D eigenvalue weighted by molar-refractivity contribution is -0.139. The molecule has 20 heavy (non-hydrogen) atoms. The van der Waals surface area contributed by atoms with Crippen LogP contribution in [0.2, 0.25) is 0 Å². The van der Waals surface area contributed by atoms with Gasteiger partial charge in [-0.2, -0.15) is 0 Å². The van der Waals surface area contributed by atoms with Crippen LogP contribution in [0.3, 0.4) is 0 Å². The van der Waals surface area contributed by atoms with Crippen molar-refractivity contribution >= 4 is 5.97 Å². The number of hydrogen-bond donors (Lipinski definition) is 1. The number of benzene rings is 1. The van der Waals surface area contributed by atoms with E-state index >= 15 is 0 Å². The number of hydrogen-bond acceptors (Lipinski definition) is 2. The summed E-state index contributed by atoms with van der Waals surface area (Å²) in [6, 6.07) is 3.23. The lowest BCUT2D eigenvalue weighted by Crippen LogP contribution is -2.40. The number of carbonyl (C=O) groups is 1. The zero-order chi connectivity index (χ0) is 14.7. The summed E-state index contributed by atoms with van der Waals surface area (Å²) in [5.74, 6) is -2.21. The van der Waals surface area contributed by atoms with E-state index in [1.165, 1.54) is 18.2 Å². The van der Waals surface area contributed by atoms with Gasteiger partial charge in [-0.1, -0.05) is 18.9 Å². The van der Waals surface area contributed by atoms with Gasteiger partial charge in [-0.05, 0) is 31.9 Å². The van der Waals surface area contributed by atoms with Crippen molar-refractivity contribution in [1.29, 1.82) is 0 Å². The summed E-state index contributed by atoms with van der Waals surface area (Å²) in [6.45, 7) is 1.47. The molecule has 0 aliphatic heterocycles. The van der Waals surface area contributed by atoms with Gasteiger partial charge in [0.05, 0.1) is 6.54 Å². The topological polar surface area (TPSA) is 40.5 Å². The Morgan fingerprint density at radius 2 is 1.90 bits per heavy atom. The van der Waals surface area contributed by atoms with E-state index in [9.17, 15) is 13.6 Å². The zero-order valence-electron chi connectivity index (χ0n) is 11.5. The van der Waals surface area contributed by atoms with Gasteiger partial charge in [0.2, 0.25) is 0 Å². The van der Waals surface area contributed by atoms with E-state index in [1.807, 2.05) is 0 Å². The van der Waals surface area contributed by atoms with Crippen molar-refractivity contribution in [3.63, 3.8) is 0 Å². The number of nitrogens with zero attached hydrogens (tertiary/aromatic N) is 1. The normalized spacial score (nSPS) is 17.6. The Balaban J connectivity index is 2.29. The molecule has 1 saturated carbocycles. The van der Waals surface area contributed by atoms with Crippen molar-refractivity contribution in [3.8, 4) is 0 Å². The molecule has 0 amide bonds. The van der Waals surface area contributed by atoms with Crippen LogP contribution in [0.5, 0.6) is 0 Å². The Kier molecular flexibility index (Phi) is 4.70. The van der Waals surface area contributed by atoms with E-state index in [1.54, 1.807) is 11.8 Å². The highest BCUT2D eigenvalue weighted by Gasteiger charge is 2.31. The summed E-state index contributed by atoms with van der Waals surface area (Å²) in [4.78, 5) is 12.7. The third-order valence-electron chi connectivity index (χ3n) is 4.03. The van der Waals surface area contributed by atoms with E-state index in [0.717, 1.165) is 25.7 Å². The van der Waals surface area contributed by atoms with E-state index in [2.05, 4.69) is 0 Å². The monoisotopic (exact) mass is 283 g/mol. The highest BCUT2D eigenvalue weighted by molar-refractivity contribution is 5.69. The van der Waals surface area contributed by atoms with E-state index in [-0.39, 0.29) is 18.2 Å². The molecule has 0 spiro atoms. The minimum atomic E-state index is -0.972. The number of halogens is 2. The first-order valence-electron chi connectivity index (χ1n) is 6.92. The predicted molar refractivity (Wildman–Crippen MR) is 71.4 cm³/mol. The molecular weight excluding hydrogens is 264 g/mol. The van der Waals surface area contributed by atoms with Crippen molar-refractivity contribution in [2.45, 2.75) is 44.7 Å². The average Bonchev–Trinajstić information content (AvgIpc) is 2.88. The van der Waals surface area contributed by atoms with Crippen molar-refractivity contribution in [2.75, 3.05) is 6.54 Å². The second kappa shape index (κ2) is 6.31. The Hall–Kier alpha value is -1.49. The van der Waals surface area contributed by atoms with Crippen LogP contribution in [0.4, 0.5) is 8.78 Å². The van der Waals surface area contributed by atoms with Crippen LogP contribution in [-0.4, -0.2) is 28.6 Å². The Morgan fingerprint density at radius 1 is 1.35 bits per heavy atom. The smallest absolute Gasteiger partial charge is 0.317 e. The Bertz CT molecular complexity index is 467. The summed E-state index contributed by atoms with van der Waals surface area (Å²) < 4.78 is 27.7. The second-order valence-corrected chi connectivity index (χ2v) is 5.32. The first-order valence-corrected chi connectivity index (χ1v) is 6.92. The van der Waals surface area contributed by atoms with Crippen LogP contribution in [0.25, 0.3) is 0 Å². The van der Waals surface area contributed by atoms with Crippen LogP contribution >= 0.6 is 0 Å². The van der Waals surface area contributed by atoms with Gasteiger partial charge in [0.15, 0.2) is 0 Å². The molecule has 5 heteroatoms. The fraction of sp³-hybridized carbons (Fsp3) is 0.533. The highest BCUT2D eigenvalue weighted by atomic mass is 19.1. The summed E-state index contributed by atoms with van der Waals surface area (Å²) in [5.41, 5.74) is -0.0411. The van der Waals surface area contributed by atoms with Gasteiger partial charge in [0.25, 0.3) is 0 Å². The molecule has 1 N–H and O–H groups in total. The van der Waals surface area contributed by atoms with Crippen molar-refractivity contribution in [1.82, 2.24) is 4.90 Å². The maximum atomic E-state index is 13.9. The minimum Gasteiger partial charge on any atom is -0.480 e. The van der Waals surface area contributed by atoms with Gasteiger partial charge in [-0.25, -0.2) is 8.78 Å². The van der Waals surface area contributed by atoms with Crippen LogP contribution in [0.15, 0.2) is 18.2 Å². The Labute approximate surface area is 117 Å². The maximum absolute atomic E-state index is 13.9. The molecule has 0 saturated heterocycles. The van der Waals surface area contributed by atoms with Crippen molar-refractivity contribution in [2.24, 2.45) is 0 Å². The van der Waals surface area contributed by atoms with Crippen LogP contribution < -0.4 is 0 Å². The van der Waals surface area contributed by atoms with Gasteiger partial charge < -0.3 is 5.11 Å². The summed E-state index contributed by atoms with van der Waals surface area (Å²) in [6.07, 6.45) is 3.84. The van der Waals surface area contributed by atoms with E-state index in [0.29, 0.717) is 0 Å². The molecule has 1 unspecified atom stereocenters. The highest BCUT2D eigenvalue weighted by Crippen LogP contribution is 2.32. The molecule has 0 bridgehead atoms. The second-order valence-electron chi connectivity index (χ2n) is 5.32. The minimum absolute atomic E-state index is 0.0411. The third kappa shape index (κ3) is 3.15. The Morgan fingerprint density at radius 3 is 2.40 bits per heavy atom. The first kappa shape index (κ1) is 14.9. The average molecular weight is 283 g/mol. The molecule has 0 aromatic heterocycles. The van der Waals surface area contributed by atoms with Gasteiger partial charge in [-0.3, -0.25) is 9.69 Å². The quantitative estimate of drug-likeness (QED) is 0.901. The van der Waals surface area contributed by atoms with Gasteiger partial charge in [0.1, 0.15) is 11.6 Å². The standard InChI is InChI=1S/C15H19F2NO2/c1-10(15-12(16)7-4-8-13(15)17)18(9-14(19)20)11-5-2-3-6-11/h4,7-8,10-11H,2-3,5-6,9H2,1H3,(H,19,20). The van der Waals surface area contributed by atoms with Crippen LogP contribution in [0, 0.1) is 11.6 Å². The maximum Gasteiger partial charge on any atom is 0.317 e. The largest absolute Gasteiger partial charge is 0.480 e. The summed E-state index contributed by atoms with van der Waals surface area (Å²) in [7, 11) is 0. The predicted octanol–water partition coefficient (Wildman–Crippen LogP) is 3.36. The molecule has 110 valence electrons. The fourth-order valence-corrected chi connectivity index (χ4v) is 3.05. The number of carboxylic acid groups (broad SMARTS) is 1. The molecule has 1 aromatic rings. The first-order chi connectivity index (χ1) is 9.50. The SMILES string of the molecule is CC(c1c(F)cccc1F)N(CC(=O)O)C1CCCC1. The summed E-state index contributed by atoms with van der Waals surface area (Å²) >= 11 is 0. The molecule has 2 rings (SSSR count). The van der Waals surface area contributed by atoms with Gasteiger partial charge in [-0.15, -0.1) is 0 Å². The molecule has 3 nitrogen and oxygen atoms in total. The van der Waals surface area contributed by atoms with Crippen LogP contribution in [-0.2, 0) is 4.79 Å². The van der Waals surface area contributed by atoms with Crippen molar-refractivity contribution in [3.05, 3.63) is 35.4 Å². The lowest BCUT2D eigenvalue weighted by atomic mass is 10.0.